The molecule has 240 valence electrons. The summed E-state index contributed by atoms with van der Waals surface area (Å²) in [5, 5.41) is 15.0. The van der Waals surface area contributed by atoms with Crippen molar-refractivity contribution in [2.45, 2.75) is 25.1 Å². The molecule has 1 aliphatic heterocycles. The summed E-state index contributed by atoms with van der Waals surface area (Å²) in [6, 6.07) is 17.6. The molecule has 1 unspecified atom stereocenters. The Morgan fingerprint density at radius 2 is 1.57 bits per heavy atom. The van der Waals surface area contributed by atoms with Crippen LogP contribution in [0.5, 0.6) is 0 Å². The van der Waals surface area contributed by atoms with Crippen molar-refractivity contribution < 1.29 is 27.5 Å². The number of fused-ring (bicyclic) bond motifs is 2. The average Bonchev–Trinajstić information content (AvgIpc) is 3.86. The smallest absolute Gasteiger partial charge is 0.376 e. The topological polar surface area (TPSA) is 129 Å². The van der Waals surface area contributed by atoms with Crippen molar-refractivity contribution >= 4 is 33.6 Å². The van der Waals surface area contributed by atoms with Crippen LogP contribution in [0.4, 0.5) is 13.2 Å². The van der Waals surface area contributed by atoms with Crippen molar-refractivity contribution in [3.05, 3.63) is 109 Å². The normalized spacial score (nSPS) is 14.5. The van der Waals surface area contributed by atoms with Gasteiger partial charge in [-0.2, -0.15) is 23.4 Å². The summed E-state index contributed by atoms with van der Waals surface area (Å²) in [5.74, 6) is -0.875. The van der Waals surface area contributed by atoms with Crippen LogP contribution in [-0.2, 0) is 4.74 Å². The van der Waals surface area contributed by atoms with Crippen molar-refractivity contribution in [2.75, 3.05) is 19.7 Å². The number of hydrogen-bond donors (Lipinski definition) is 2. The van der Waals surface area contributed by atoms with Gasteiger partial charge in [-0.1, -0.05) is 6.07 Å². The highest BCUT2D eigenvalue weighted by Gasteiger charge is 2.28. The lowest BCUT2D eigenvalue weighted by molar-refractivity contribution is -0.123. The van der Waals surface area contributed by atoms with E-state index in [1.165, 1.54) is 10.7 Å². The van der Waals surface area contributed by atoms with Gasteiger partial charge in [0.15, 0.2) is 0 Å². The number of nitrogens with one attached hydrogen (secondary N) is 2. The molecular formula is C33H29F3N8O3. The minimum Gasteiger partial charge on any atom is -0.376 e. The lowest BCUT2D eigenvalue weighted by atomic mass is 10.1. The van der Waals surface area contributed by atoms with E-state index < -0.39 is 18.6 Å². The van der Waals surface area contributed by atoms with Gasteiger partial charge < -0.3 is 15.4 Å². The molecule has 0 spiro atoms. The summed E-state index contributed by atoms with van der Waals surface area (Å²) >= 11 is 0. The van der Waals surface area contributed by atoms with Gasteiger partial charge in [-0.3, -0.25) is 19.6 Å². The number of pyridine rings is 2. The molecule has 6 aromatic rings. The Balaban J connectivity index is 0.000000165. The molecule has 1 atom stereocenters. The van der Waals surface area contributed by atoms with Crippen molar-refractivity contribution in [1.82, 2.24) is 40.2 Å². The minimum atomic E-state index is -4.45. The molecule has 0 bridgehead atoms. The highest BCUT2D eigenvalue weighted by molar-refractivity contribution is 6.06. The Bertz CT molecular complexity index is 1990. The zero-order valence-corrected chi connectivity index (χ0v) is 24.9. The molecule has 0 saturated carbocycles. The Morgan fingerprint density at radius 1 is 0.851 bits per heavy atom. The third kappa shape index (κ3) is 7.79. The Hall–Kier alpha value is -5.63. The Labute approximate surface area is 266 Å². The SMILES string of the molecule is O=C(NCC(F)(F)F)c1cccc2nn(-c3cccnc3)cc12.O=C(NCC1CCCO1)c1ccc2nn(-c3cccnc3)cc2c1. The van der Waals surface area contributed by atoms with Gasteiger partial charge in [0.25, 0.3) is 11.8 Å². The molecule has 47 heavy (non-hydrogen) atoms. The maximum Gasteiger partial charge on any atom is 0.405 e. The van der Waals surface area contributed by atoms with Crippen LogP contribution in [0.3, 0.4) is 0 Å². The number of aromatic nitrogens is 6. The van der Waals surface area contributed by atoms with Gasteiger partial charge in [0.05, 0.1) is 46.5 Å². The van der Waals surface area contributed by atoms with Gasteiger partial charge in [-0.05, 0) is 67.4 Å². The van der Waals surface area contributed by atoms with Crippen LogP contribution in [0.2, 0.25) is 0 Å². The van der Waals surface area contributed by atoms with Gasteiger partial charge in [0.1, 0.15) is 6.54 Å². The van der Waals surface area contributed by atoms with Crippen LogP contribution in [-0.4, -0.2) is 73.3 Å². The van der Waals surface area contributed by atoms with E-state index in [0.29, 0.717) is 28.7 Å². The molecule has 5 heterocycles. The second-order valence-corrected chi connectivity index (χ2v) is 10.7. The lowest BCUT2D eigenvalue weighted by Crippen LogP contribution is -2.33. The molecule has 7 rings (SSSR count). The van der Waals surface area contributed by atoms with Crippen LogP contribution in [0.25, 0.3) is 33.2 Å². The Morgan fingerprint density at radius 3 is 2.23 bits per heavy atom. The number of nitrogens with zero attached hydrogens (tertiary/aromatic N) is 6. The first-order chi connectivity index (χ1) is 22.7. The van der Waals surface area contributed by atoms with Crippen LogP contribution in [0.1, 0.15) is 33.6 Å². The summed E-state index contributed by atoms with van der Waals surface area (Å²) in [5.41, 5.74) is 3.69. The second-order valence-electron chi connectivity index (χ2n) is 10.7. The predicted octanol–water partition coefficient (Wildman–Crippen LogP) is 5.04. The zero-order chi connectivity index (χ0) is 32.8. The molecule has 2 N–H and O–H groups in total. The van der Waals surface area contributed by atoms with E-state index >= 15 is 0 Å². The van der Waals surface area contributed by atoms with Crippen molar-refractivity contribution in [3.63, 3.8) is 0 Å². The third-order valence-corrected chi connectivity index (χ3v) is 7.35. The fraction of sp³-hybridized carbons (Fsp3) is 0.212. The maximum absolute atomic E-state index is 12.3. The molecule has 1 fully saturated rings. The van der Waals surface area contributed by atoms with Gasteiger partial charge in [0.2, 0.25) is 0 Å². The van der Waals surface area contributed by atoms with E-state index in [9.17, 15) is 22.8 Å². The molecule has 1 saturated heterocycles. The van der Waals surface area contributed by atoms with Gasteiger partial charge in [-0.25, -0.2) is 9.36 Å². The van der Waals surface area contributed by atoms with Crippen LogP contribution in [0, 0.1) is 0 Å². The largest absolute Gasteiger partial charge is 0.405 e. The number of amides is 2. The molecule has 1 aliphatic rings. The molecule has 4 aromatic heterocycles. The zero-order valence-electron chi connectivity index (χ0n) is 24.9. The highest BCUT2D eigenvalue weighted by Crippen LogP contribution is 2.21. The molecule has 11 nitrogen and oxygen atoms in total. The first kappa shape index (κ1) is 31.4. The van der Waals surface area contributed by atoms with Crippen LogP contribution < -0.4 is 10.6 Å². The molecule has 0 aliphatic carbocycles. The van der Waals surface area contributed by atoms with Gasteiger partial charge in [0, 0.05) is 54.3 Å². The van der Waals surface area contributed by atoms with Gasteiger partial charge in [-0.15, -0.1) is 0 Å². The first-order valence-electron chi connectivity index (χ1n) is 14.8. The number of alkyl halides is 3. The molecule has 2 amide bonds. The van der Waals surface area contributed by atoms with Crippen LogP contribution >= 0.6 is 0 Å². The van der Waals surface area contributed by atoms with E-state index in [0.717, 1.165) is 36.0 Å². The summed E-state index contributed by atoms with van der Waals surface area (Å²) in [6.07, 6.45) is 7.95. The van der Waals surface area contributed by atoms with E-state index in [4.69, 9.17) is 4.74 Å². The number of halogens is 3. The number of hydrogen-bond acceptors (Lipinski definition) is 7. The fourth-order valence-corrected chi connectivity index (χ4v) is 5.04. The predicted molar refractivity (Wildman–Crippen MR) is 167 cm³/mol. The summed E-state index contributed by atoms with van der Waals surface area (Å²) in [4.78, 5) is 32.4. The number of carbonyl (C=O) groups excluding carboxylic acids is 2. The quantitative estimate of drug-likeness (QED) is 0.250. The van der Waals surface area contributed by atoms with Crippen molar-refractivity contribution in [1.29, 1.82) is 0 Å². The number of ether oxygens (including phenoxy) is 1. The highest BCUT2D eigenvalue weighted by atomic mass is 19.4. The monoisotopic (exact) mass is 642 g/mol. The van der Waals surface area contributed by atoms with Crippen LogP contribution in [0.15, 0.2) is 97.8 Å². The molecule has 0 radical (unpaired) electrons. The molecular weight excluding hydrogens is 613 g/mol. The Kier molecular flexibility index (Phi) is 9.20. The molecule has 2 aromatic carbocycles. The van der Waals surface area contributed by atoms with E-state index in [2.05, 4.69) is 25.5 Å². The fourth-order valence-electron chi connectivity index (χ4n) is 5.04. The first-order valence-corrected chi connectivity index (χ1v) is 14.8. The van der Waals surface area contributed by atoms with E-state index in [-0.39, 0.29) is 17.6 Å². The third-order valence-electron chi connectivity index (χ3n) is 7.35. The van der Waals surface area contributed by atoms with Gasteiger partial charge >= 0.3 is 6.18 Å². The van der Waals surface area contributed by atoms with E-state index in [1.54, 1.807) is 66.0 Å². The summed E-state index contributed by atoms with van der Waals surface area (Å²) in [7, 11) is 0. The molecule has 14 heteroatoms. The lowest BCUT2D eigenvalue weighted by Gasteiger charge is -2.10. The van der Waals surface area contributed by atoms with Crippen molar-refractivity contribution in [3.8, 4) is 11.4 Å². The van der Waals surface area contributed by atoms with E-state index in [1.807, 2.05) is 35.8 Å². The number of rotatable bonds is 7. The second kappa shape index (κ2) is 13.8. The maximum atomic E-state index is 12.3. The number of carbonyl (C=O) groups is 2. The summed E-state index contributed by atoms with van der Waals surface area (Å²) < 4.78 is 45.5. The minimum absolute atomic E-state index is 0.0819. The standard InChI is InChI=1S/C18H18N4O2.C15H11F3N4O/c23-18(20-11-16-4-2-8-24-16)13-5-6-17-14(9-13)12-22(21-17)15-3-1-7-19-10-15;16-15(17,18)9-20-14(23)11-4-1-5-13-12(11)8-22(21-13)10-3-2-6-19-7-10/h1,3,5-7,9-10,12,16H,2,4,8,11H2,(H,20,23);1-8H,9H2,(H,20,23). The van der Waals surface area contributed by atoms with Crippen molar-refractivity contribution in [2.24, 2.45) is 0 Å². The number of benzene rings is 2. The summed E-state index contributed by atoms with van der Waals surface area (Å²) in [6.45, 7) is -0.0230. The average molecular weight is 643 g/mol.